The molecule has 35 heavy (non-hydrogen) atoms. The van der Waals surface area contributed by atoms with Crippen molar-refractivity contribution in [3.8, 4) is 17.2 Å². The van der Waals surface area contributed by atoms with Crippen molar-refractivity contribution in [2.75, 3.05) is 20.8 Å². The number of rotatable bonds is 9. The molecule has 9 heteroatoms. The molecule has 0 saturated heterocycles. The van der Waals surface area contributed by atoms with Gasteiger partial charge in [-0.2, -0.15) is 0 Å². The number of phenols is 1. The minimum Gasteiger partial charge on any atom is -0.504 e. The molecule has 1 N–H and O–H groups in total. The van der Waals surface area contributed by atoms with Crippen molar-refractivity contribution < 1.29 is 24.1 Å². The number of esters is 1. The van der Waals surface area contributed by atoms with Crippen LogP contribution in [0.1, 0.15) is 34.4 Å². The van der Waals surface area contributed by atoms with Crippen molar-refractivity contribution in [1.82, 2.24) is 14.5 Å². The molecule has 0 fully saturated rings. The average molecular weight is 494 g/mol. The Kier molecular flexibility index (Phi) is 7.45. The molecule has 2 aromatic heterocycles. The third-order valence-electron chi connectivity index (χ3n) is 5.62. The second kappa shape index (κ2) is 10.7. The summed E-state index contributed by atoms with van der Waals surface area (Å²) in [5.41, 5.74) is 2.14. The molecule has 0 aliphatic heterocycles. The maximum atomic E-state index is 12.8. The van der Waals surface area contributed by atoms with E-state index in [0.717, 1.165) is 16.5 Å². The van der Waals surface area contributed by atoms with Gasteiger partial charge in [-0.05, 0) is 50.2 Å². The van der Waals surface area contributed by atoms with Gasteiger partial charge >= 0.3 is 5.97 Å². The Balaban J connectivity index is 1.82. The number of hydrogen-bond donors (Lipinski definition) is 1. The summed E-state index contributed by atoms with van der Waals surface area (Å²) in [4.78, 5) is 23.0. The van der Waals surface area contributed by atoms with Gasteiger partial charge in [0.2, 0.25) is 0 Å². The van der Waals surface area contributed by atoms with Crippen LogP contribution in [0, 0.1) is 6.92 Å². The summed E-state index contributed by atoms with van der Waals surface area (Å²) in [5, 5.41) is 11.7. The number of ether oxygens (including phenoxy) is 3. The molecular weight excluding hydrogens is 466 g/mol. The maximum Gasteiger partial charge on any atom is 0.340 e. The number of aryl methyl sites for hydroxylation is 1. The molecular formula is C26H27N3O5S. The Morgan fingerprint density at radius 3 is 2.54 bits per heavy atom. The van der Waals surface area contributed by atoms with Crippen LogP contribution in [0.15, 0.2) is 53.7 Å². The number of aromatic hydroxyl groups is 1. The van der Waals surface area contributed by atoms with Crippen LogP contribution in [-0.4, -0.2) is 46.4 Å². The molecule has 0 atom stereocenters. The van der Waals surface area contributed by atoms with Crippen molar-refractivity contribution in [3.05, 3.63) is 71.4 Å². The van der Waals surface area contributed by atoms with Crippen molar-refractivity contribution in [2.24, 2.45) is 0 Å². The molecule has 0 radical (unpaired) electrons. The van der Waals surface area contributed by atoms with E-state index in [-0.39, 0.29) is 12.4 Å². The van der Waals surface area contributed by atoms with Gasteiger partial charge in [0, 0.05) is 34.0 Å². The van der Waals surface area contributed by atoms with E-state index in [2.05, 4.69) is 4.98 Å². The maximum absolute atomic E-state index is 12.8. The summed E-state index contributed by atoms with van der Waals surface area (Å²) < 4.78 is 17.9. The fraction of sp³-hybridized carbons (Fsp3) is 0.269. The van der Waals surface area contributed by atoms with Crippen LogP contribution in [-0.2, 0) is 17.0 Å². The van der Waals surface area contributed by atoms with E-state index in [1.54, 1.807) is 44.1 Å². The van der Waals surface area contributed by atoms with Gasteiger partial charge in [-0.3, -0.25) is 4.98 Å². The Hall–Kier alpha value is -3.72. The quantitative estimate of drug-likeness (QED) is 0.258. The number of methoxy groups -OCH3 is 2. The lowest BCUT2D eigenvalue weighted by Gasteiger charge is -2.16. The zero-order chi connectivity index (χ0) is 24.9. The van der Waals surface area contributed by atoms with Crippen LogP contribution in [0.3, 0.4) is 0 Å². The topological polar surface area (TPSA) is 95.7 Å². The number of benzene rings is 2. The number of carbonyl (C=O) groups is 1. The van der Waals surface area contributed by atoms with E-state index in [4.69, 9.17) is 19.2 Å². The van der Waals surface area contributed by atoms with Crippen LogP contribution in [0.4, 0.5) is 0 Å². The standard InChI is InChI=1S/C26H27N3O5S/c1-5-34-26(31)20-12-17-13-23(33-4)25(30)21(14-29-11-10-27-16(29)2)24(17)28-22(20)15-35-19-8-6-18(32-3)7-9-19/h6-13,30H,5,14-15H2,1-4H3. The zero-order valence-electron chi connectivity index (χ0n) is 20.1. The van der Waals surface area contributed by atoms with E-state index in [1.807, 2.05) is 42.0 Å². The molecule has 8 nitrogen and oxygen atoms in total. The molecule has 0 bridgehead atoms. The highest BCUT2D eigenvalue weighted by atomic mass is 32.2. The fourth-order valence-corrected chi connectivity index (χ4v) is 4.61. The lowest BCUT2D eigenvalue weighted by Crippen LogP contribution is -2.11. The largest absolute Gasteiger partial charge is 0.504 e. The lowest BCUT2D eigenvalue weighted by atomic mass is 10.0. The summed E-state index contributed by atoms with van der Waals surface area (Å²) in [7, 11) is 3.12. The highest BCUT2D eigenvalue weighted by Gasteiger charge is 2.21. The third-order valence-corrected chi connectivity index (χ3v) is 6.65. The van der Waals surface area contributed by atoms with Gasteiger partial charge in [0.1, 0.15) is 11.6 Å². The van der Waals surface area contributed by atoms with Gasteiger partial charge < -0.3 is 23.9 Å². The van der Waals surface area contributed by atoms with Crippen LogP contribution in [0.2, 0.25) is 0 Å². The fourth-order valence-electron chi connectivity index (χ4n) is 3.75. The molecule has 4 rings (SSSR count). The number of fused-ring (bicyclic) bond motifs is 1. The highest BCUT2D eigenvalue weighted by Crippen LogP contribution is 2.38. The van der Waals surface area contributed by atoms with Crippen molar-refractivity contribution in [2.45, 2.75) is 31.0 Å². The molecule has 4 aromatic rings. The molecule has 0 saturated carbocycles. The molecule has 0 spiro atoms. The highest BCUT2D eigenvalue weighted by molar-refractivity contribution is 7.98. The molecule has 0 amide bonds. The number of hydrogen-bond acceptors (Lipinski definition) is 8. The molecule has 182 valence electrons. The minimum atomic E-state index is -0.439. The van der Waals surface area contributed by atoms with E-state index in [0.29, 0.717) is 45.8 Å². The van der Waals surface area contributed by atoms with Crippen molar-refractivity contribution in [1.29, 1.82) is 0 Å². The molecule has 0 aliphatic carbocycles. The molecule has 2 heterocycles. The summed E-state index contributed by atoms with van der Waals surface area (Å²) in [6, 6.07) is 11.1. The number of carbonyl (C=O) groups excluding carboxylic acids is 1. The first-order chi connectivity index (χ1) is 16.9. The van der Waals surface area contributed by atoms with Crippen LogP contribution < -0.4 is 9.47 Å². The van der Waals surface area contributed by atoms with Gasteiger partial charge in [-0.1, -0.05) is 0 Å². The van der Waals surface area contributed by atoms with Crippen LogP contribution in [0.25, 0.3) is 10.9 Å². The van der Waals surface area contributed by atoms with Gasteiger partial charge in [-0.25, -0.2) is 9.78 Å². The van der Waals surface area contributed by atoms with Gasteiger partial charge in [-0.15, -0.1) is 11.8 Å². The second-order valence-electron chi connectivity index (χ2n) is 7.75. The third kappa shape index (κ3) is 5.19. The minimum absolute atomic E-state index is 0.0123. The van der Waals surface area contributed by atoms with Crippen LogP contribution >= 0.6 is 11.8 Å². The Labute approximate surface area is 207 Å². The molecule has 0 unspecified atom stereocenters. The Morgan fingerprint density at radius 2 is 1.91 bits per heavy atom. The van der Waals surface area contributed by atoms with E-state index < -0.39 is 5.97 Å². The predicted octanol–water partition coefficient (Wildman–Crippen LogP) is 4.98. The molecule has 0 aliphatic rings. The van der Waals surface area contributed by atoms with Gasteiger partial charge in [0.05, 0.1) is 44.1 Å². The predicted molar refractivity (Wildman–Crippen MR) is 135 cm³/mol. The summed E-state index contributed by atoms with van der Waals surface area (Å²) in [5.74, 6) is 1.90. The van der Waals surface area contributed by atoms with Crippen LogP contribution in [0.5, 0.6) is 17.2 Å². The van der Waals surface area contributed by atoms with Crippen molar-refractivity contribution in [3.63, 3.8) is 0 Å². The second-order valence-corrected chi connectivity index (χ2v) is 8.80. The average Bonchev–Trinajstić information content (AvgIpc) is 3.28. The monoisotopic (exact) mass is 493 g/mol. The first kappa shape index (κ1) is 24.4. The number of thioether (sulfide) groups is 1. The SMILES string of the molecule is CCOC(=O)c1cc2cc(OC)c(O)c(Cn3ccnc3C)c2nc1CSc1ccc(OC)cc1. The lowest BCUT2D eigenvalue weighted by molar-refractivity contribution is 0.0525. The number of phenolic OH excluding ortho intramolecular Hbond substituents is 1. The molecule has 2 aromatic carbocycles. The zero-order valence-corrected chi connectivity index (χ0v) is 20.9. The Morgan fingerprint density at radius 1 is 1.14 bits per heavy atom. The normalized spacial score (nSPS) is 11.0. The van der Waals surface area contributed by atoms with E-state index in [1.165, 1.54) is 7.11 Å². The summed E-state index contributed by atoms with van der Waals surface area (Å²) in [6.45, 7) is 4.27. The van der Waals surface area contributed by atoms with E-state index in [9.17, 15) is 9.90 Å². The smallest absolute Gasteiger partial charge is 0.340 e. The van der Waals surface area contributed by atoms with Gasteiger partial charge in [0.25, 0.3) is 0 Å². The first-order valence-electron chi connectivity index (χ1n) is 11.1. The Bertz CT molecular complexity index is 1350. The van der Waals surface area contributed by atoms with E-state index >= 15 is 0 Å². The van der Waals surface area contributed by atoms with Gasteiger partial charge in [0.15, 0.2) is 11.5 Å². The number of aromatic nitrogens is 3. The summed E-state index contributed by atoms with van der Waals surface area (Å²) >= 11 is 1.55. The summed E-state index contributed by atoms with van der Waals surface area (Å²) in [6.07, 6.45) is 3.55. The number of pyridine rings is 1. The first-order valence-corrected chi connectivity index (χ1v) is 12.1. The number of nitrogens with zero attached hydrogens (tertiary/aromatic N) is 3. The van der Waals surface area contributed by atoms with Crippen molar-refractivity contribution >= 4 is 28.6 Å². The number of imidazole rings is 1.